The van der Waals surface area contributed by atoms with Crippen LogP contribution in [-0.4, -0.2) is 49.5 Å². The van der Waals surface area contributed by atoms with Crippen LogP contribution in [0.3, 0.4) is 0 Å². The fourth-order valence-corrected chi connectivity index (χ4v) is 2.98. The fraction of sp³-hybridized carbons (Fsp3) is 0.211. The van der Waals surface area contributed by atoms with E-state index in [0.29, 0.717) is 29.6 Å². The number of methoxy groups -OCH3 is 2. The number of para-hydroxylation sites is 1. The van der Waals surface area contributed by atoms with Crippen molar-refractivity contribution in [2.24, 2.45) is 0 Å². The van der Waals surface area contributed by atoms with E-state index in [0.717, 1.165) is 11.3 Å². The molecule has 0 bridgehead atoms. The van der Waals surface area contributed by atoms with Gasteiger partial charge in [-0.3, -0.25) is 4.79 Å². The van der Waals surface area contributed by atoms with Crippen LogP contribution in [0.25, 0.3) is 5.78 Å². The Balaban J connectivity index is 1.58. The number of anilines is 1. The molecule has 0 saturated heterocycles. The van der Waals surface area contributed by atoms with E-state index in [4.69, 9.17) is 9.47 Å². The van der Waals surface area contributed by atoms with Crippen molar-refractivity contribution in [2.45, 2.75) is 13.5 Å². The zero-order valence-corrected chi connectivity index (χ0v) is 16.2. The van der Waals surface area contributed by atoms with E-state index in [9.17, 15) is 4.79 Å². The number of carbonyl (C=O) groups excluding carboxylic acids is 1. The minimum atomic E-state index is -0.450. The van der Waals surface area contributed by atoms with Gasteiger partial charge < -0.3 is 14.8 Å². The van der Waals surface area contributed by atoms with Gasteiger partial charge in [-0.25, -0.2) is 14.2 Å². The maximum Gasteiger partial charge on any atom is 0.296 e. The summed E-state index contributed by atoms with van der Waals surface area (Å²) in [6.45, 7) is 2.24. The van der Waals surface area contributed by atoms with Crippen molar-refractivity contribution in [3.05, 3.63) is 59.8 Å². The number of aromatic nitrogens is 6. The summed E-state index contributed by atoms with van der Waals surface area (Å²) < 4.78 is 14.0. The third kappa shape index (κ3) is 3.47. The zero-order valence-electron chi connectivity index (χ0n) is 16.2. The molecule has 4 aromatic rings. The van der Waals surface area contributed by atoms with Crippen LogP contribution in [0.2, 0.25) is 0 Å². The van der Waals surface area contributed by atoms with Crippen LogP contribution in [-0.2, 0) is 6.54 Å². The average molecular weight is 393 g/mol. The van der Waals surface area contributed by atoms with Crippen LogP contribution in [0.1, 0.15) is 21.9 Å². The molecule has 0 spiro atoms. The number of fused-ring (bicyclic) bond motifs is 1. The van der Waals surface area contributed by atoms with Crippen molar-refractivity contribution in [1.82, 2.24) is 29.4 Å². The van der Waals surface area contributed by atoms with Crippen LogP contribution in [0.4, 0.5) is 5.82 Å². The molecule has 0 aliphatic carbocycles. The van der Waals surface area contributed by atoms with Crippen LogP contribution < -0.4 is 14.8 Å². The van der Waals surface area contributed by atoms with Crippen LogP contribution in [0, 0.1) is 6.92 Å². The molecule has 1 amide bonds. The van der Waals surface area contributed by atoms with E-state index in [1.165, 1.54) is 4.52 Å². The van der Waals surface area contributed by atoms with Crippen molar-refractivity contribution in [3.8, 4) is 11.5 Å². The molecule has 3 heterocycles. The Hall–Kier alpha value is -3.95. The van der Waals surface area contributed by atoms with Gasteiger partial charge in [0.1, 0.15) is 5.82 Å². The standard InChI is InChI=1S/C19H19N7O3/c1-12-7-9-20-19-23-17(24-26(12)19)18(27)22-15-8-10-21-25(15)11-13-5-4-6-14(28-2)16(13)29-3/h4-10H,11H2,1-3H3,(H,22,27). The van der Waals surface area contributed by atoms with Gasteiger partial charge in [-0.1, -0.05) is 12.1 Å². The van der Waals surface area contributed by atoms with Gasteiger partial charge in [0, 0.05) is 23.5 Å². The van der Waals surface area contributed by atoms with Gasteiger partial charge in [-0.05, 0) is 19.1 Å². The number of carbonyl (C=O) groups is 1. The van der Waals surface area contributed by atoms with Crippen molar-refractivity contribution in [1.29, 1.82) is 0 Å². The summed E-state index contributed by atoms with van der Waals surface area (Å²) in [6.07, 6.45) is 3.22. The lowest BCUT2D eigenvalue weighted by Gasteiger charge is -2.14. The minimum Gasteiger partial charge on any atom is -0.493 e. The molecule has 10 nitrogen and oxygen atoms in total. The second-order valence-electron chi connectivity index (χ2n) is 6.21. The molecule has 0 aliphatic rings. The third-order valence-corrected chi connectivity index (χ3v) is 4.40. The van der Waals surface area contributed by atoms with Crippen molar-refractivity contribution < 1.29 is 14.3 Å². The summed E-state index contributed by atoms with van der Waals surface area (Å²) >= 11 is 0. The number of benzene rings is 1. The van der Waals surface area contributed by atoms with Gasteiger partial charge in [0.2, 0.25) is 5.82 Å². The molecular weight excluding hydrogens is 374 g/mol. The topological polar surface area (TPSA) is 108 Å². The van der Waals surface area contributed by atoms with Gasteiger partial charge in [0.05, 0.1) is 27.0 Å². The first-order valence-corrected chi connectivity index (χ1v) is 8.82. The summed E-state index contributed by atoms with van der Waals surface area (Å²) in [5, 5.41) is 11.3. The highest BCUT2D eigenvalue weighted by Gasteiger charge is 2.17. The number of nitrogens with zero attached hydrogens (tertiary/aromatic N) is 6. The second-order valence-corrected chi connectivity index (χ2v) is 6.21. The lowest BCUT2D eigenvalue weighted by Crippen LogP contribution is -2.18. The van der Waals surface area contributed by atoms with E-state index < -0.39 is 5.91 Å². The predicted octanol–water partition coefficient (Wildman–Crippen LogP) is 1.95. The third-order valence-electron chi connectivity index (χ3n) is 4.40. The molecule has 3 aromatic heterocycles. The summed E-state index contributed by atoms with van der Waals surface area (Å²) in [5.41, 5.74) is 1.69. The maximum absolute atomic E-state index is 12.7. The fourth-order valence-electron chi connectivity index (χ4n) is 2.98. The smallest absolute Gasteiger partial charge is 0.296 e. The van der Waals surface area contributed by atoms with Crippen molar-refractivity contribution in [3.63, 3.8) is 0 Å². The Morgan fingerprint density at radius 1 is 1.14 bits per heavy atom. The highest BCUT2D eigenvalue weighted by Crippen LogP contribution is 2.31. The predicted molar refractivity (Wildman–Crippen MR) is 104 cm³/mol. The SMILES string of the molecule is COc1cccc(Cn2nccc2NC(=O)c2nc3nccc(C)n3n2)c1OC. The Labute approximate surface area is 166 Å². The Bertz CT molecular complexity index is 1180. The summed E-state index contributed by atoms with van der Waals surface area (Å²) in [5.74, 6) is 1.69. The highest BCUT2D eigenvalue weighted by molar-refractivity contribution is 6.01. The van der Waals surface area contributed by atoms with Crippen LogP contribution >= 0.6 is 0 Å². The molecule has 29 heavy (non-hydrogen) atoms. The Morgan fingerprint density at radius 3 is 2.76 bits per heavy atom. The highest BCUT2D eigenvalue weighted by atomic mass is 16.5. The Kier molecular flexibility index (Phi) is 4.82. The van der Waals surface area contributed by atoms with E-state index in [1.54, 1.807) is 43.4 Å². The molecule has 10 heteroatoms. The summed E-state index contributed by atoms with van der Waals surface area (Å²) in [6, 6.07) is 9.09. The minimum absolute atomic E-state index is 0.0264. The monoisotopic (exact) mass is 393 g/mol. The lowest BCUT2D eigenvalue weighted by atomic mass is 10.2. The van der Waals surface area contributed by atoms with E-state index in [-0.39, 0.29) is 5.82 Å². The second kappa shape index (κ2) is 7.58. The van der Waals surface area contributed by atoms with E-state index >= 15 is 0 Å². The molecule has 148 valence electrons. The number of amides is 1. The number of nitrogens with one attached hydrogen (secondary N) is 1. The molecule has 1 aromatic carbocycles. The summed E-state index contributed by atoms with van der Waals surface area (Å²) in [7, 11) is 3.16. The molecule has 4 rings (SSSR count). The van der Waals surface area contributed by atoms with Gasteiger partial charge in [-0.15, -0.1) is 5.10 Å². The molecule has 0 atom stereocenters. The van der Waals surface area contributed by atoms with Gasteiger partial charge in [0.25, 0.3) is 11.7 Å². The van der Waals surface area contributed by atoms with E-state index in [2.05, 4.69) is 25.5 Å². The molecule has 1 N–H and O–H groups in total. The quantitative estimate of drug-likeness (QED) is 0.533. The average Bonchev–Trinajstić information content (AvgIpc) is 3.35. The van der Waals surface area contributed by atoms with Crippen LogP contribution in [0.15, 0.2) is 42.7 Å². The number of aryl methyl sites for hydroxylation is 1. The lowest BCUT2D eigenvalue weighted by molar-refractivity contribution is 0.101. The van der Waals surface area contributed by atoms with Crippen molar-refractivity contribution >= 4 is 17.5 Å². The molecule has 0 saturated carbocycles. The first-order valence-electron chi connectivity index (χ1n) is 8.82. The first kappa shape index (κ1) is 18.4. The zero-order chi connectivity index (χ0) is 20.4. The molecular formula is C19H19N7O3. The number of hydrogen-bond acceptors (Lipinski definition) is 7. The van der Waals surface area contributed by atoms with Crippen LogP contribution in [0.5, 0.6) is 11.5 Å². The largest absolute Gasteiger partial charge is 0.493 e. The molecule has 0 fully saturated rings. The normalized spacial score (nSPS) is 10.9. The first-order chi connectivity index (χ1) is 14.1. The van der Waals surface area contributed by atoms with Gasteiger partial charge in [-0.2, -0.15) is 10.1 Å². The maximum atomic E-state index is 12.7. The Morgan fingerprint density at radius 2 is 2.00 bits per heavy atom. The molecule has 0 unspecified atom stereocenters. The summed E-state index contributed by atoms with van der Waals surface area (Å²) in [4.78, 5) is 21.0. The van der Waals surface area contributed by atoms with Crippen molar-refractivity contribution in [2.75, 3.05) is 19.5 Å². The van der Waals surface area contributed by atoms with Gasteiger partial charge >= 0.3 is 0 Å². The van der Waals surface area contributed by atoms with Gasteiger partial charge in [0.15, 0.2) is 11.5 Å². The molecule has 0 aliphatic heterocycles. The number of hydrogen-bond donors (Lipinski definition) is 1. The van der Waals surface area contributed by atoms with E-state index in [1.807, 2.05) is 25.1 Å². The number of rotatable bonds is 6. The molecule has 0 radical (unpaired) electrons. The number of ether oxygens (including phenoxy) is 2.